The average Bonchev–Trinajstić information content (AvgIpc) is 2.53. The first-order valence-electron chi connectivity index (χ1n) is 5.59. The maximum Gasteiger partial charge on any atom is 0.331 e. The number of hydrogen-bond acceptors (Lipinski definition) is 7. The zero-order valence-electron chi connectivity index (χ0n) is 10.7. The number of halogens is 1. The van der Waals surface area contributed by atoms with Crippen LogP contribution in [0.25, 0.3) is 0 Å². The fourth-order valence-electron chi connectivity index (χ4n) is 2.58. The lowest BCUT2D eigenvalue weighted by Gasteiger charge is -2.35. The van der Waals surface area contributed by atoms with E-state index in [-0.39, 0.29) is 11.0 Å². The van der Waals surface area contributed by atoms with Gasteiger partial charge in [-0.2, -0.15) is 0 Å². The molecule has 3 atom stereocenters. The van der Waals surface area contributed by atoms with Crippen molar-refractivity contribution in [3.63, 3.8) is 0 Å². The third-order valence-electron chi connectivity index (χ3n) is 3.71. The standard InChI is InChI=1S/C10H12INO7S/c1-10(9(15)18-2)7(8(14)19-4-11)12-5(13)3-6(12)20(10,16)17/h6-7H,3-4H2,1-2H3/t6-,7+,10-/m1/s1. The molecule has 2 saturated heterocycles. The van der Waals surface area contributed by atoms with E-state index < -0.39 is 43.8 Å². The minimum atomic E-state index is -4.06. The van der Waals surface area contributed by atoms with Gasteiger partial charge in [-0.1, -0.05) is 0 Å². The number of sulfone groups is 1. The maximum atomic E-state index is 12.4. The monoisotopic (exact) mass is 417 g/mol. The van der Waals surface area contributed by atoms with Crippen LogP contribution in [0.5, 0.6) is 0 Å². The van der Waals surface area contributed by atoms with E-state index >= 15 is 0 Å². The molecule has 0 aromatic heterocycles. The first kappa shape index (κ1) is 15.5. The number of alkyl halides is 1. The zero-order valence-corrected chi connectivity index (χ0v) is 13.6. The highest BCUT2D eigenvalue weighted by atomic mass is 127. The first-order valence-corrected chi connectivity index (χ1v) is 8.66. The normalized spacial score (nSPS) is 34.1. The van der Waals surface area contributed by atoms with Crippen LogP contribution in [0.2, 0.25) is 0 Å². The molecule has 0 bridgehead atoms. The molecule has 8 nitrogen and oxygen atoms in total. The second-order valence-electron chi connectivity index (χ2n) is 4.58. The number of β-lactam (4-membered cyclic amide) rings is 1. The van der Waals surface area contributed by atoms with Crippen molar-refractivity contribution in [2.75, 3.05) is 11.7 Å². The summed E-state index contributed by atoms with van der Waals surface area (Å²) < 4.78 is 32.0. The van der Waals surface area contributed by atoms with Gasteiger partial charge in [0.25, 0.3) is 0 Å². The molecule has 0 radical (unpaired) electrons. The van der Waals surface area contributed by atoms with Gasteiger partial charge in [-0.25, -0.2) is 13.2 Å². The lowest BCUT2D eigenvalue weighted by atomic mass is 9.96. The molecular weight excluding hydrogens is 405 g/mol. The number of hydrogen-bond donors (Lipinski definition) is 0. The van der Waals surface area contributed by atoms with E-state index in [1.165, 1.54) is 0 Å². The van der Waals surface area contributed by atoms with Gasteiger partial charge in [-0.15, -0.1) is 0 Å². The number of methoxy groups -OCH3 is 1. The zero-order chi connectivity index (χ0) is 15.3. The summed E-state index contributed by atoms with van der Waals surface area (Å²) in [4.78, 5) is 36.5. The molecule has 2 fully saturated rings. The Morgan fingerprint density at radius 1 is 1.50 bits per heavy atom. The van der Waals surface area contributed by atoms with Crippen LogP contribution >= 0.6 is 22.6 Å². The summed E-state index contributed by atoms with van der Waals surface area (Å²) in [6.45, 7) is 1.10. The number of fused-ring (bicyclic) bond motifs is 1. The fraction of sp³-hybridized carbons (Fsp3) is 0.700. The molecule has 0 N–H and O–H groups in total. The minimum Gasteiger partial charge on any atom is -0.468 e. The summed E-state index contributed by atoms with van der Waals surface area (Å²) in [7, 11) is -3.03. The first-order chi connectivity index (χ1) is 9.23. The van der Waals surface area contributed by atoms with Gasteiger partial charge in [-0.3, -0.25) is 9.59 Å². The van der Waals surface area contributed by atoms with Crippen molar-refractivity contribution in [2.45, 2.75) is 29.5 Å². The Morgan fingerprint density at radius 3 is 2.55 bits per heavy atom. The van der Waals surface area contributed by atoms with Crippen molar-refractivity contribution in [1.82, 2.24) is 4.90 Å². The van der Waals surface area contributed by atoms with Gasteiger partial charge in [0, 0.05) is 0 Å². The summed E-state index contributed by atoms with van der Waals surface area (Å²) in [6.07, 6.45) is -0.233. The van der Waals surface area contributed by atoms with Gasteiger partial charge in [0.2, 0.25) is 5.91 Å². The van der Waals surface area contributed by atoms with Crippen LogP contribution in [0.15, 0.2) is 0 Å². The van der Waals surface area contributed by atoms with Gasteiger partial charge in [0.1, 0.15) is 9.99 Å². The van der Waals surface area contributed by atoms with Gasteiger partial charge in [0.05, 0.1) is 13.5 Å². The minimum absolute atomic E-state index is 0.0168. The van der Waals surface area contributed by atoms with Crippen LogP contribution in [-0.2, 0) is 33.7 Å². The predicted octanol–water partition coefficient (Wildman–Crippen LogP) is -0.791. The number of amides is 1. The maximum absolute atomic E-state index is 12.4. The highest BCUT2D eigenvalue weighted by molar-refractivity contribution is 14.1. The second-order valence-corrected chi connectivity index (χ2v) is 7.68. The Labute approximate surface area is 128 Å². The molecule has 0 aromatic rings. The molecule has 0 aromatic carbocycles. The molecule has 2 heterocycles. The summed E-state index contributed by atoms with van der Waals surface area (Å²) in [5, 5.41) is -1.16. The fourth-order valence-corrected chi connectivity index (χ4v) is 5.19. The number of carbonyl (C=O) groups is 3. The van der Waals surface area contributed by atoms with E-state index in [9.17, 15) is 22.8 Å². The lowest BCUT2D eigenvalue weighted by Crippen LogP contribution is -2.59. The summed E-state index contributed by atoms with van der Waals surface area (Å²) >= 11 is 1.76. The summed E-state index contributed by atoms with van der Waals surface area (Å²) in [5.74, 6) is -2.50. The molecule has 0 unspecified atom stereocenters. The Hall–Kier alpha value is -0.910. The highest BCUT2D eigenvalue weighted by Crippen LogP contribution is 2.46. The van der Waals surface area contributed by atoms with Gasteiger partial charge >= 0.3 is 11.9 Å². The Kier molecular flexibility index (Phi) is 3.73. The van der Waals surface area contributed by atoms with E-state index in [1.54, 1.807) is 22.6 Å². The molecule has 2 aliphatic heterocycles. The van der Waals surface area contributed by atoms with Crippen molar-refractivity contribution < 1.29 is 32.3 Å². The summed E-state index contributed by atoms with van der Waals surface area (Å²) in [6, 6.07) is -1.50. The Morgan fingerprint density at radius 2 is 2.10 bits per heavy atom. The van der Waals surface area contributed by atoms with Crippen molar-refractivity contribution in [3.05, 3.63) is 0 Å². The van der Waals surface area contributed by atoms with Crippen molar-refractivity contribution in [1.29, 1.82) is 0 Å². The average molecular weight is 417 g/mol. The summed E-state index contributed by atoms with van der Waals surface area (Å²) in [5.41, 5.74) is 0. The molecular formula is C10H12INO7S. The molecule has 0 aliphatic carbocycles. The number of carbonyl (C=O) groups excluding carboxylic acids is 3. The quantitative estimate of drug-likeness (QED) is 0.256. The molecule has 2 aliphatic rings. The van der Waals surface area contributed by atoms with Crippen LogP contribution in [0.1, 0.15) is 13.3 Å². The molecule has 2 rings (SSSR count). The van der Waals surface area contributed by atoms with Crippen LogP contribution < -0.4 is 0 Å². The van der Waals surface area contributed by atoms with Crippen molar-refractivity contribution in [3.8, 4) is 0 Å². The third kappa shape index (κ3) is 1.70. The van der Waals surface area contributed by atoms with Gasteiger partial charge < -0.3 is 14.4 Å². The molecule has 10 heteroatoms. The van der Waals surface area contributed by atoms with E-state index in [0.717, 1.165) is 18.9 Å². The molecule has 0 spiro atoms. The van der Waals surface area contributed by atoms with E-state index in [1.807, 2.05) is 0 Å². The highest BCUT2D eigenvalue weighted by Gasteiger charge is 2.74. The lowest BCUT2D eigenvalue weighted by molar-refractivity contribution is -0.163. The number of ether oxygens (including phenoxy) is 2. The van der Waals surface area contributed by atoms with Crippen molar-refractivity contribution >= 4 is 50.3 Å². The SMILES string of the molecule is COC(=O)[C@@]1(C)[C@H](C(=O)OCI)N2C(=O)C[C@H]2S1(=O)=O. The molecule has 0 saturated carbocycles. The predicted molar refractivity (Wildman–Crippen MR) is 73.4 cm³/mol. The number of nitrogens with zero attached hydrogens (tertiary/aromatic N) is 1. The topological polar surface area (TPSA) is 107 Å². The molecule has 1 amide bonds. The van der Waals surface area contributed by atoms with Crippen LogP contribution in [-0.4, -0.2) is 59.0 Å². The second kappa shape index (κ2) is 4.83. The largest absolute Gasteiger partial charge is 0.468 e. The van der Waals surface area contributed by atoms with E-state index in [0.29, 0.717) is 0 Å². The Bertz CT molecular complexity index is 588. The van der Waals surface area contributed by atoms with Gasteiger partial charge in [0.15, 0.2) is 20.6 Å². The van der Waals surface area contributed by atoms with E-state index in [4.69, 9.17) is 4.74 Å². The number of esters is 2. The van der Waals surface area contributed by atoms with Gasteiger partial charge in [-0.05, 0) is 29.5 Å². The van der Waals surface area contributed by atoms with E-state index in [2.05, 4.69) is 4.74 Å². The smallest absolute Gasteiger partial charge is 0.331 e. The van der Waals surface area contributed by atoms with Crippen molar-refractivity contribution in [2.24, 2.45) is 0 Å². The molecule has 20 heavy (non-hydrogen) atoms. The number of rotatable bonds is 3. The van der Waals surface area contributed by atoms with Crippen LogP contribution in [0, 0.1) is 0 Å². The molecule has 112 valence electrons. The third-order valence-corrected chi connectivity index (χ3v) is 6.70. The van der Waals surface area contributed by atoms with Crippen LogP contribution in [0.4, 0.5) is 0 Å². The van der Waals surface area contributed by atoms with Crippen LogP contribution in [0.3, 0.4) is 0 Å². The Balaban J connectivity index is 2.57.